The number of carbonyl (C=O) groups excluding carboxylic acids is 2. The molecule has 2 aromatic carbocycles. The van der Waals surface area contributed by atoms with Crippen LogP contribution in [-0.2, 0) is 16.1 Å². The van der Waals surface area contributed by atoms with Crippen LogP contribution in [0.4, 0.5) is 14.3 Å². The second-order valence-corrected chi connectivity index (χ2v) is 9.96. The lowest BCUT2D eigenvalue weighted by Gasteiger charge is -2.19. The summed E-state index contributed by atoms with van der Waals surface area (Å²) >= 11 is 7.27. The van der Waals surface area contributed by atoms with Gasteiger partial charge in [-0.2, -0.15) is 5.26 Å². The summed E-state index contributed by atoms with van der Waals surface area (Å²) in [7, 11) is 0. The van der Waals surface area contributed by atoms with Crippen molar-refractivity contribution in [3.63, 3.8) is 0 Å². The fraction of sp³-hybridized carbons (Fsp3) is 0.346. The summed E-state index contributed by atoms with van der Waals surface area (Å²) in [4.78, 5) is 33.6. The third-order valence-corrected chi connectivity index (χ3v) is 6.85. The molecular weight excluding hydrogens is 575 g/mol. The number of hydrogen-bond donors (Lipinski definition) is 6. The molecule has 6 N–H and O–H groups in total. The lowest BCUT2D eigenvalue weighted by Crippen LogP contribution is -2.43. The van der Waals surface area contributed by atoms with E-state index in [0.29, 0.717) is 30.1 Å². The van der Waals surface area contributed by atoms with E-state index in [-0.39, 0.29) is 49.7 Å². The number of fused-ring (bicyclic) bond motifs is 1. The summed E-state index contributed by atoms with van der Waals surface area (Å²) in [5.41, 5.74) is 1.27. The molecule has 15 heteroatoms. The number of amides is 2. The van der Waals surface area contributed by atoms with Gasteiger partial charge in [0, 0.05) is 19.6 Å². The molecule has 3 aromatic rings. The highest BCUT2D eigenvalue weighted by Gasteiger charge is 2.16. The number of nitrogens with zero attached hydrogens (tertiary/aromatic N) is 3. The maximum absolute atomic E-state index is 13.6. The van der Waals surface area contributed by atoms with E-state index in [2.05, 4.69) is 36.6 Å². The number of halogens is 2. The maximum atomic E-state index is 13.6. The monoisotopic (exact) mass is 604 g/mol. The van der Waals surface area contributed by atoms with Gasteiger partial charge in [-0.05, 0) is 36.6 Å². The Bertz CT molecular complexity index is 1350. The maximum Gasteiger partial charge on any atom is 0.413 e. The molecule has 218 valence electrons. The van der Waals surface area contributed by atoms with Gasteiger partial charge in [-0.3, -0.25) is 20.4 Å². The minimum atomic E-state index is -0.714. The quantitative estimate of drug-likeness (QED) is 0.0532. The highest BCUT2D eigenvalue weighted by molar-refractivity contribution is 7.22. The Labute approximate surface area is 245 Å². The lowest BCUT2D eigenvalue weighted by atomic mass is 10.1. The van der Waals surface area contributed by atoms with Crippen molar-refractivity contribution in [1.82, 2.24) is 26.3 Å². The standard InChI is InChI=1S/C26H30ClFN8O4S/c27-23-17(5-3-7-19(23)28)13-30-14-22(38)34-18(6-4-10-31-24(33-16-29)32-11-12-37)15-40-26(39)36-25-35-20-8-1-2-9-21(20)41-25/h1-3,5,7-9,18,30,37H,4,6,10-15H2,(H,34,38)(H2,31,32,33)(H,35,36,39)/t18-/m0/s1. The predicted octanol–water partition coefficient (Wildman–Crippen LogP) is 2.70. The molecule has 0 aliphatic heterocycles. The lowest BCUT2D eigenvalue weighted by molar-refractivity contribution is -0.121. The Morgan fingerprint density at radius 2 is 2.07 bits per heavy atom. The fourth-order valence-electron chi connectivity index (χ4n) is 3.59. The van der Waals surface area contributed by atoms with Gasteiger partial charge >= 0.3 is 6.09 Å². The van der Waals surface area contributed by atoms with Gasteiger partial charge in [-0.25, -0.2) is 14.2 Å². The molecule has 1 atom stereocenters. The number of aliphatic imine (C=N–C) groups is 1. The first-order valence-corrected chi connectivity index (χ1v) is 13.9. The van der Waals surface area contributed by atoms with Crippen molar-refractivity contribution in [2.24, 2.45) is 4.99 Å². The number of aliphatic hydroxyl groups excluding tert-OH is 1. The van der Waals surface area contributed by atoms with E-state index in [1.54, 1.807) is 12.3 Å². The van der Waals surface area contributed by atoms with Crippen molar-refractivity contribution in [2.75, 3.05) is 38.2 Å². The van der Waals surface area contributed by atoms with E-state index in [0.717, 1.165) is 10.2 Å². The summed E-state index contributed by atoms with van der Waals surface area (Å²) in [5, 5.41) is 31.7. The molecule has 0 unspecified atom stereocenters. The van der Waals surface area contributed by atoms with E-state index >= 15 is 0 Å². The molecule has 0 saturated heterocycles. The van der Waals surface area contributed by atoms with Gasteiger partial charge in [-0.15, -0.1) is 0 Å². The Morgan fingerprint density at radius 1 is 1.24 bits per heavy atom. The number of nitriles is 1. The van der Waals surface area contributed by atoms with Crippen LogP contribution < -0.4 is 26.6 Å². The molecule has 0 bridgehead atoms. The number of aliphatic hydroxyl groups is 1. The normalized spacial score (nSPS) is 11.9. The third kappa shape index (κ3) is 10.8. The van der Waals surface area contributed by atoms with Crippen LogP contribution in [0.2, 0.25) is 5.02 Å². The first-order chi connectivity index (χ1) is 19.9. The van der Waals surface area contributed by atoms with Crippen LogP contribution in [0.5, 0.6) is 0 Å². The van der Waals surface area contributed by atoms with Gasteiger partial charge in [0.05, 0.1) is 34.4 Å². The van der Waals surface area contributed by atoms with Gasteiger partial charge in [0.2, 0.25) is 11.9 Å². The zero-order valence-electron chi connectivity index (χ0n) is 22.0. The first-order valence-electron chi connectivity index (χ1n) is 12.7. The van der Waals surface area contributed by atoms with Crippen LogP contribution in [0.25, 0.3) is 10.2 Å². The molecule has 0 aliphatic rings. The third-order valence-electron chi connectivity index (χ3n) is 5.48. The van der Waals surface area contributed by atoms with Crippen LogP contribution in [0.1, 0.15) is 18.4 Å². The molecule has 3 rings (SSSR count). The van der Waals surface area contributed by atoms with E-state index in [4.69, 9.17) is 26.7 Å². The Kier molecular flexibility index (Phi) is 13.0. The number of hydrogen-bond acceptors (Lipinski definition) is 9. The molecule has 1 aromatic heterocycles. The van der Waals surface area contributed by atoms with E-state index in [1.807, 2.05) is 24.3 Å². The summed E-state index contributed by atoms with van der Waals surface area (Å²) in [5.74, 6) is -0.689. The van der Waals surface area contributed by atoms with Crippen LogP contribution in [0.3, 0.4) is 0 Å². The second-order valence-electron chi connectivity index (χ2n) is 8.55. The molecule has 41 heavy (non-hydrogen) atoms. The average molecular weight is 605 g/mol. The van der Waals surface area contributed by atoms with Crippen LogP contribution in [0.15, 0.2) is 47.5 Å². The number of thiazole rings is 1. The minimum absolute atomic E-state index is 0.00915. The van der Waals surface area contributed by atoms with Crippen molar-refractivity contribution in [2.45, 2.75) is 25.4 Å². The van der Waals surface area contributed by atoms with Gasteiger partial charge in [0.25, 0.3) is 0 Å². The Morgan fingerprint density at radius 3 is 2.85 bits per heavy atom. The number of carbonyl (C=O) groups is 2. The largest absolute Gasteiger partial charge is 0.447 e. The zero-order chi connectivity index (χ0) is 29.5. The number of benzene rings is 2. The predicted molar refractivity (Wildman–Crippen MR) is 155 cm³/mol. The minimum Gasteiger partial charge on any atom is -0.447 e. The van der Waals surface area contributed by atoms with Gasteiger partial charge in [0.1, 0.15) is 12.4 Å². The number of guanidine groups is 1. The smallest absolute Gasteiger partial charge is 0.413 e. The van der Waals surface area contributed by atoms with E-state index in [1.165, 1.54) is 23.5 Å². The van der Waals surface area contributed by atoms with E-state index < -0.39 is 18.0 Å². The van der Waals surface area contributed by atoms with Crippen molar-refractivity contribution in [3.05, 3.63) is 58.9 Å². The first kappa shape index (κ1) is 31.5. The van der Waals surface area contributed by atoms with Crippen molar-refractivity contribution >= 4 is 56.2 Å². The number of rotatable bonds is 14. The molecule has 0 fully saturated rings. The molecule has 0 saturated carbocycles. The molecule has 0 aliphatic carbocycles. The molecule has 0 radical (unpaired) electrons. The number of aromatic nitrogens is 1. The molecule has 1 heterocycles. The number of ether oxygens (including phenoxy) is 1. The Hall–Kier alpha value is -4.03. The summed E-state index contributed by atoms with van der Waals surface area (Å²) in [6, 6.07) is 11.4. The summed E-state index contributed by atoms with van der Waals surface area (Å²) in [6.45, 7) is 0.367. The zero-order valence-corrected chi connectivity index (χ0v) is 23.5. The Balaban J connectivity index is 1.53. The fourth-order valence-corrected chi connectivity index (χ4v) is 4.64. The van der Waals surface area contributed by atoms with E-state index in [9.17, 15) is 14.0 Å². The topological polar surface area (TPSA) is 173 Å². The van der Waals surface area contributed by atoms with Gasteiger partial charge < -0.3 is 25.8 Å². The van der Waals surface area contributed by atoms with Crippen LogP contribution in [0, 0.1) is 17.3 Å². The summed E-state index contributed by atoms with van der Waals surface area (Å²) in [6.07, 6.45) is 1.94. The SMILES string of the molecule is N#CNC(=NCCC[C@@H](COC(=O)Nc1nc2ccccc2s1)NC(=O)CNCc1cccc(F)c1Cl)NCCO. The van der Waals surface area contributed by atoms with Crippen molar-refractivity contribution in [1.29, 1.82) is 5.26 Å². The van der Waals surface area contributed by atoms with Crippen molar-refractivity contribution in [3.8, 4) is 6.19 Å². The molecule has 12 nitrogen and oxygen atoms in total. The number of para-hydroxylation sites is 1. The molecule has 2 amide bonds. The van der Waals surface area contributed by atoms with Gasteiger partial charge in [0.15, 0.2) is 11.3 Å². The molecular formula is C26H30ClFN8O4S. The van der Waals surface area contributed by atoms with Crippen LogP contribution >= 0.6 is 22.9 Å². The van der Waals surface area contributed by atoms with Crippen molar-refractivity contribution < 1.29 is 23.8 Å². The van der Waals surface area contributed by atoms with Crippen LogP contribution in [-0.4, -0.2) is 66.9 Å². The second kappa shape index (κ2) is 16.9. The summed E-state index contributed by atoms with van der Waals surface area (Å²) < 4.78 is 19.9. The number of nitrogens with one attached hydrogen (secondary N) is 5. The van der Waals surface area contributed by atoms with Gasteiger partial charge in [-0.1, -0.05) is 47.2 Å². The highest BCUT2D eigenvalue weighted by atomic mass is 35.5. The highest BCUT2D eigenvalue weighted by Crippen LogP contribution is 2.25. The molecule has 0 spiro atoms. The number of anilines is 1. The average Bonchev–Trinajstić information content (AvgIpc) is 3.37.